The zero-order valence-corrected chi connectivity index (χ0v) is 11.9. The van der Waals surface area contributed by atoms with Gasteiger partial charge in [-0.1, -0.05) is 18.2 Å². The van der Waals surface area contributed by atoms with Gasteiger partial charge in [0.2, 0.25) is 5.91 Å². The molecule has 1 rings (SSSR count). The van der Waals surface area contributed by atoms with Gasteiger partial charge in [0, 0.05) is 19.2 Å². The molecule has 5 nitrogen and oxygen atoms in total. The summed E-state index contributed by atoms with van der Waals surface area (Å²) in [5.74, 6) is -0.938. The third-order valence-corrected chi connectivity index (χ3v) is 2.82. The van der Waals surface area contributed by atoms with Crippen LogP contribution in [0.5, 0.6) is 0 Å². The lowest BCUT2D eigenvalue weighted by atomic mass is 10.2. The van der Waals surface area contributed by atoms with Crippen LogP contribution in [0.2, 0.25) is 0 Å². The van der Waals surface area contributed by atoms with Gasteiger partial charge >= 0.3 is 5.97 Å². The Morgan fingerprint density at radius 3 is 2.45 bits per heavy atom. The summed E-state index contributed by atoms with van der Waals surface area (Å²) in [6, 6.07) is 6.32. The van der Waals surface area contributed by atoms with Crippen LogP contribution in [0.3, 0.4) is 0 Å². The van der Waals surface area contributed by atoms with Gasteiger partial charge in [0.25, 0.3) is 0 Å². The first-order valence-electron chi connectivity index (χ1n) is 6.16. The number of hydrogen-bond donors (Lipinski definition) is 0. The minimum atomic E-state index is -0.406. The van der Waals surface area contributed by atoms with Crippen LogP contribution in [0, 0.1) is 5.82 Å². The van der Waals surface area contributed by atoms with E-state index in [1.54, 1.807) is 37.2 Å². The van der Waals surface area contributed by atoms with Crippen molar-refractivity contribution in [1.29, 1.82) is 0 Å². The summed E-state index contributed by atoms with van der Waals surface area (Å²) in [4.78, 5) is 26.0. The van der Waals surface area contributed by atoms with Crippen LogP contribution in [0.4, 0.5) is 4.39 Å². The number of rotatable bonds is 6. The smallest absolute Gasteiger partial charge is 0.319 e. The number of nitrogens with zero attached hydrogens (tertiary/aromatic N) is 2. The molecule has 0 unspecified atom stereocenters. The Kier molecular flexibility index (Phi) is 6.11. The van der Waals surface area contributed by atoms with Gasteiger partial charge in [-0.2, -0.15) is 0 Å². The lowest BCUT2D eigenvalue weighted by Crippen LogP contribution is -2.38. The van der Waals surface area contributed by atoms with E-state index in [9.17, 15) is 14.0 Å². The normalized spacial score (nSPS) is 10.4. The Labute approximate surface area is 117 Å². The molecule has 1 amide bonds. The molecule has 0 atom stereocenters. The second kappa shape index (κ2) is 7.59. The number of amides is 1. The molecule has 0 radical (unpaired) electrons. The maximum atomic E-state index is 13.5. The maximum Gasteiger partial charge on any atom is 0.319 e. The van der Waals surface area contributed by atoms with Crippen LogP contribution in [0.15, 0.2) is 24.3 Å². The molecular formula is C14H19FN2O3. The van der Waals surface area contributed by atoms with Crippen LogP contribution in [0.25, 0.3) is 0 Å². The van der Waals surface area contributed by atoms with E-state index in [-0.39, 0.29) is 31.4 Å². The Hall–Kier alpha value is -1.95. The predicted molar refractivity (Wildman–Crippen MR) is 72.4 cm³/mol. The zero-order chi connectivity index (χ0) is 15.1. The molecule has 0 saturated heterocycles. The predicted octanol–water partition coefficient (Wildman–Crippen LogP) is 0.889. The summed E-state index contributed by atoms with van der Waals surface area (Å²) < 4.78 is 18.0. The molecule has 0 fully saturated rings. The monoisotopic (exact) mass is 282 g/mol. The van der Waals surface area contributed by atoms with Gasteiger partial charge in [0.1, 0.15) is 5.82 Å². The van der Waals surface area contributed by atoms with Crippen molar-refractivity contribution in [1.82, 2.24) is 9.80 Å². The molecule has 0 bridgehead atoms. The van der Waals surface area contributed by atoms with Gasteiger partial charge in [-0.05, 0) is 13.1 Å². The Balaban J connectivity index is 2.51. The van der Waals surface area contributed by atoms with Crippen molar-refractivity contribution < 1.29 is 18.7 Å². The molecular weight excluding hydrogens is 263 g/mol. The van der Waals surface area contributed by atoms with E-state index in [2.05, 4.69) is 4.74 Å². The highest BCUT2D eigenvalue weighted by molar-refractivity contribution is 5.79. The van der Waals surface area contributed by atoms with E-state index >= 15 is 0 Å². The standard InChI is InChI=1S/C14H19FN2O3/c1-16(10-14(19)20-3)9-13(18)17(2)8-11-6-4-5-7-12(11)15/h4-7H,8-10H2,1-3H3. The van der Waals surface area contributed by atoms with Crippen LogP contribution in [-0.2, 0) is 20.9 Å². The summed E-state index contributed by atoms with van der Waals surface area (Å²) in [5, 5.41) is 0. The molecule has 0 N–H and O–H groups in total. The van der Waals surface area contributed by atoms with Gasteiger partial charge in [0.05, 0.1) is 20.2 Å². The van der Waals surface area contributed by atoms with E-state index in [0.29, 0.717) is 5.56 Å². The van der Waals surface area contributed by atoms with Gasteiger partial charge in [-0.25, -0.2) is 4.39 Å². The van der Waals surface area contributed by atoms with Crippen molar-refractivity contribution in [3.63, 3.8) is 0 Å². The van der Waals surface area contributed by atoms with E-state index in [1.807, 2.05) is 0 Å². The quantitative estimate of drug-likeness (QED) is 0.727. The van der Waals surface area contributed by atoms with E-state index in [0.717, 1.165) is 0 Å². The van der Waals surface area contributed by atoms with Crippen LogP contribution in [0.1, 0.15) is 5.56 Å². The first kappa shape index (κ1) is 16.1. The molecule has 0 aromatic heterocycles. The number of hydrogen-bond acceptors (Lipinski definition) is 4. The number of halogens is 1. The minimum Gasteiger partial charge on any atom is -0.468 e. The minimum absolute atomic E-state index is 0.0375. The van der Waals surface area contributed by atoms with Crippen LogP contribution >= 0.6 is 0 Å². The van der Waals surface area contributed by atoms with Crippen molar-refractivity contribution in [2.45, 2.75) is 6.54 Å². The molecule has 6 heteroatoms. The molecule has 0 aliphatic rings. The molecule has 0 aliphatic heterocycles. The number of methoxy groups -OCH3 is 1. The number of ether oxygens (including phenoxy) is 1. The highest BCUT2D eigenvalue weighted by atomic mass is 19.1. The van der Waals surface area contributed by atoms with E-state index in [1.165, 1.54) is 18.1 Å². The van der Waals surface area contributed by atoms with Crippen molar-refractivity contribution >= 4 is 11.9 Å². The summed E-state index contributed by atoms with van der Waals surface area (Å²) in [6.45, 7) is 0.299. The SMILES string of the molecule is COC(=O)CN(C)CC(=O)N(C)Cc1ccccc1F. The fourth-order valence-corrected chi connectivity index (χ4v) is 1.66. The van der Waals surface area contributed by atoms with Crippen molar-refractivity contribution in [3.05, 3.63) is 35.6 Å². The largest absolute Gasteiger partial charge is 0.468 e. The zero-order valence-electron chi connectivity index (χ0n) is 11.9. The molecule has 1 aromatic carbocycles. The maximum absolute atomic E-state index is 13.5. The highest BCUT2D eigenvalue weighted by Gasteiger charge is 2.15. The fraction of sp³-hybridized carbons (Fsp3) is 0.429. The Bertz CT molecular complexity index is 479. The van der Waals surface area contributed by atoms with E-state index in [4.69, 9.17) is 0 Å². The Morgan fingerprint density at radius 1 is 1.20 bits per heavy atom. The third-order valence-electron chi connectivity index (χ3n) is 2.82. The molecule has 0 heterocycles. The molecule has 0 spiro atoms. The van der Waals surface area contributed by atoms with Gasteiger partial charge in [-0.15, -0.1) is 0 Å². The average Bonchev–Trinajstić information content (AvgIpc) is 2.40. The van der Waals surface area contributed by atoms with Crippen molar-refractivity contribution in [2.24, 2.45) is 0 Å². The van der Waals surface area contributed by atoms with Crippen molar-refractivity contribution in [3.8, 4) is 0 Å². The Morgan fingerprint density at radius 2 is 1.85 bits per heavy atom. The molecule has 1 aromatic rings. The fourth-order valence-electron chi connectivity index (χ4n) is 1.66. The first-order chi connectivity index (χ1) is 9.43. The van der Waals surface area contributed by atoms with Crippen LogP contribution in [-0.4, -0.2) is 56.0 Å². The number of carbonyl (C=O) groups excluding carboxylic acids is 2. The summed E-state index contributed by atoms with van der Waals surface area (Å²) in [6.07, 6.45) is 0. The summed E-state index contributed by atoms with van der Waals surface area (Å²) in [5.41, 5.74) is 0.457. The molecule has 110 valence electrons. The second-order valence-corrected chi connectivity index (χ2v) is 4.59. The molecule has 0 saturated carbocycles. The summed E-state index contributed by atoms with van der Waals surface area (Å²) in [7, 11) is 4.54. The lowest BCUT2D eigenvalue weighted by Gasteiger charge is -2.21. The van der Waals surface area contributed by atoms with Crippen molar-refractivity contribution in [2.75, 3.05) is 34.3 Å². The first-order valence-corrected chi connectivity index (χ1v) is 6.16. The molecule has 0 aliphatic carbocycles. The summed E-state index contributed by atoms with van der Waals surface area (Å²) >= 11 is 0. The highest BCUT2D eigenvalue weighted by Crippen LogP contribution is 2.09. The number of carbonyl (C=O) groups is 2. The van der Waals surface area contributed by atoms with E-state index < -0.39 is 5.97 Å². The van der Waals surface area contributed by atoms with Gasteiger partial charge in [-0.3, -0.25) is 14.5 Å². The van der Waals surface area contributed by atoms with Crippen LogP contribution < -0.4 is 0 Å². The van der Waals surface area contributed by atoms with Gasteiger partial charge < -0.3 is 9.64 Å². The lowest BCUT2D eigenvalue weighted by molar-refractivity contribution is -0.142. The number of esters is 1. The second-order valence-electron chi connectivity index (χ2n) is 4.59. The number of benzene rings is 1. The average molecular weight is 282 g/mol. The van der Waals surface area contributed by atoms with Gasteiger partial charge in [0.15, 0.2) is 0 Å². The molecule has 20 heavy (non-hydrogen) atoms. The number of likely N-dealkylation sites (N-methyl/N-ethyl adjacent to an activating group) is 2. The third kappa shape index (κ3) is 4.97. The topological polar surface area (TPSA) is 49.9 Å².